The Labute approximate surface area is 367 Å². The molecule has 5 heteroatoms. The Morgan fingerprint density at radius 2 is 1.05 bits per heavy atom. The fraction of sp³-hybridized carbons (Fsp3) is 0.123. The number of benzene rings is 7. The third-order valence-electron chi connectivity index (χ3n) is 13.2. The minimum Gasteiger partial charge on any atom is -0.314 e. The first kappa shape index (κ1) is 37.7. The third-order valence-corrected chi connectivity index (χ3v) is 14.2. The van der Waals surface area contributed by atoms with Crippen LogP contribution < -0.4 is 9.80 Å². The summed E-state index contributed by atoms with van der Waals surface area (Å²) >= 11 is 1.70. The van der Waals surface area contributed by atoms with Gasteiger partial charge >= 0.3 is 0 Å². The van der Waals surface area contributed by atoms with Gasteiger partial charge in [0.1, 0.15) is 10.3 Å². The predicted octanol–water partition coefficient (Wildman–Crippen LogP) is 15.3. The molecule has 2 aliphatic heterocycles. The van der Waals surface area contributed by atoms with Gasteiger partial charge in [0, 0.05) is 43.7 Å². The Bertz CT molecular complexity index is 3330. The first-order chi connectivity index (χ1) is 30.1. The molecule has 0 atom stereocenters. The van der Waals surface area contributed by atoms with E-state index >= 15 is 0 Å². The lowest BCUT2D eigenvalue weighted by Gasteiger charge is -2.42. The van der Waals surface area contributed by atoms with E-state index in [9.17, 15) is 0 Å². The molecule has 11 rings (SSSR count). The maximum absolute atomic E-state index is 5.73. The van der Waals surface area contributed by atoms with Crippen molar-refractivity contribution in [2.45, 2.75) is 45.4 Å². The summed E-state index contributed by atoms with van der Waals surface area (Å²) in [6.07, 6.45) is 9.63. The number of allylic oxidation sites excluding steroid dienone is 4. The number of thiophene rings is 1. The monoisotopic (exact) mass is 816 g/mol. The number of para-hydroxylation sites is 3. The fourth-order valence-corrected chi connectivity index (χ4v) is 11.1. The van der Waals surface area contributed by atoms with Gasteiger partial charge in [0.15, 0.2) is 0 Å². The standard InChI is InChI=1S/C57H44N4S/c1-7-8-18-44-36(2)60(50-22-13-10-19-45(50)56(44,3)4)39-30-26-37(27-31-39)42-34-48-49(59-55-54(58-48)41-17-9-16-25-53(41)62-55)35-43(42)38-28-32-40(33-29-38)61-51-23-14-11-20-46(51)57(5,6)47-21-12-15-24-52(47)61/h1,8-35H,2-6H3/b18-8-. The van der Waals surface area contributed by atoms with Crippen molar-refractivity contribution in [3.8, 4) is 34.6 Å². The van der Waals surface area contributed by atoms with Crippen molar-refractivity contribution in [1.29, 1.82) is 0 Å². The van der Waals surface area contributed by atoms with Crippen LogP contribution in [0.1, 0.15) is 51.3 Å². The van der Waals surface area contributed by atoms with Crippen molar-refractivity contribution in [3.05, 3.63) is 198 Å². The van der Waals surface area contributed by atoms with Crippen LogP contribution in [-0.2, 0) is 10.8 Å². The van der Waals surface area contributed by atoms with Gasteiger partial charge in [-0.15, -0.1) is 17.8 Å². The number of anilines is 5. The minimum atomic E-state index is -0.211. The molecular formula is C57H44N4S. The first-order valence-corrected chi connectivity index (χ1v) is 22.0. The second-order valence-electron chi connectivity index (χ2n) is 17.4. The van der Waals surface area contributed by atoms with Crippen LogP contribution in [0.3, 0.4) is 0 Å². The van der Waals surface area contributed by atoms with Gasteiger partial charge in [-0.05, 0) is 124 Å². The van der Waals surface area contributed by atoms with Gasteiger partial charge in [-0.1, -0.05) is 131 Å². The highest BCUT2D eigenvalue weighted by molar-refractivity contribution is 7.25. The molecule has 0 radical (unpaired) electrons. The number of rotatable bonds is 5. The van der Waals surface area contributed by atoms with Crippen LogP contribution in [0, 0.1) is 12.3 Å². The van der Waals surface area contributed by atoms with Gasteiger partial charge in [-0.2, -0.15) is 0 Å². The number of terminal acetylenes is 1. The molecule has 62 heavy (non-hydrogen) atoms. The van der Waals surface area contributed by atoms with Crippen molar-refractivity contribution in [2.75, 3.05) is 9.80 Å². The Balaban J connectivity index is 1.06. The summed E-state index contributed by atoms with van der Waals surface area (Å²) in [7, 11) is 0. The third kappa shape index (κ3) is 5.75. The molecule has 0 saturated carbocycles. The molecule has 2 aromatic heterocycles. The molecule has 0 saturated heterocycles. The molecule has 4 heterocycles. The molecular weight excluding hydrogens is 773 g/mol. The van der Waals surface area contributed by atoms with Gasteiger partial charge in [0.2, 0.25) is 0 Å². The average molecular weight is 817 g/mol. The van der Waals surface area contributed by atoms with Gasteiger partial charge in [-0.25, -0.2) is 9.97 Å². The first-order valence-electron chi connectivity index (χ1n) is 21.2. The van der Waals surface area contributed by atoms with Crippen molar-refractivity contribution >= 4 is 71.2 Å². The zero-order chi connectivity index (χ0) is 42.3. The predicted molar refractivity (Wildman–Crippen MR) is 262 cm³/mol. The summed E-state index contributed by atoms with van der Waals surface area (Å²) in [6, 6.07) is 57.3. The Morgan fingerprint density at radius 1 is 0.565 bits per heavy atom. The van der Waals surface area contributed by atoms with Crippen LogP contribution in [0.25, 0.3) is 53.7 Å². The fourth-order valence-electron chi connectivity index (χ4n) is 10.1. The molecule has 0 fully saturated rings. The van der Waals surface area contributed by atoms with Crippen LogP contribution in [0.2, 0.25) is 0 Å². The molecule has 298 valence electrons. The van der Waals surface area contributed by atoms with Gasteiger partial charge in [0.05, 0.1) is 22.4 Å². The highest BCUT2D eigenvalue weighted by Gasteiger charge is 2.37. The second-order valence-corrected chi connectivity index (χ2v) is 18.5. The lowest BCUT2D eigenvalue weighted by molar-refractivity contribution is 0.617. The zero-order valence-electron chi connectivity index (χ0n) is 35.4. The molecule has 9 aromatic rings. The van der Waals surface area contributed by atoms with Crippen molar-refractivity contribution in [3.63, 3.8) is 0 Å². The molecule has 0 aliphatic carbocycles. The second kappa shape index (κ2) is 14.2. The number of aromatic nitrogens is 2. The van der Waals surface area contributed by atoms with Gasteiger partial charge < -0.3 is 9.80 Å². The van der Waals surface area contributed by atoms with E-state index in [0.29, 0.717) is 0 Å². The summed E-state index contributed by atoms with van der Waals surface area (Å²) < 4.78 is 1.19. The minimum absolute atomic E-state index is 0.121. The molecule has 4 nitrogen and oxygen atoms in total. The van der Waals surface area contributed by atoms with Gasteiger partial charge in [0.25, 0.3) is 0 Å². The molecule has 0 amide bonds. The molecule has 0 spiro atoms. The molecule has 0 unspecified atom stereocenters. The maximum atomic E-state index is 5.73. The van der Waals surface area contributed by atoms with Crippen molar-refractivity contribution < 1.29 is 0 Å². The number of fused-ring (bicyclic) bond motifs is 7. The van der Waals surface area contributed by atoms with E-state index < -0.39 is 0 Å². The van der Waals surface area contributed by atoms with Crippen LogP contribution >= 0.6 is 11.3 Å². The highest BCUT2D eigenvalue weighted by Crippen LogP contribution is 2.52. The summed E-state index contributed by atoms with van der Waals surface area (Å²) in [6.45, 7) is 11.4. The Morgan fingerprint density at radius 3 is 1.63 bits per heavy atom. The summed E-state index contributed by atoms with van der Waals surface area (Å²) in [5.74, 6) is 2.71. The van der Waals surface area contributed by atoms with E-state index in [1.165, 1.54) is 44.0 Å². The lowest BCUT2D eigenvalue weighted by Crippen LogP contribution is -2.32. The van der Waals surface area contributed by atoms with Crippen LogP contribution in [0.5, 0.6) is 0 Å². The molecule has 2 aliphatic rings. The van der Waals surface area contributed by atoms with Crippen LogP contribution in [-0.4, -0.2) is 9.97 Å². The number of nitrogens with zero attached hydrogens (tertiary/aromatic N) is 4. The Kier molecular flexibility index (Phi) is 8.62. The van der Waals surface area contributed by atoms with E-state index in [0.717, 1.165) is 66.1 Å². The smallest absolute Gasteiger partial charge is 0.143 e. The summed E-state index contributed by atoms with van der Waals surface area (Å²) in [5.41, 5.74) is 18.9. The average Bonchev–Trinajstić information content (AvgIpc) is 3.65. The van der Waals surface area contributed by atoms with E-state index in [1.807, 2.05) is 6.08 Å². The quantitative estimate of drug-likeness (QED) is 0.162. The highest BCUT2D eigenvalue weighted by atomic mass is 32.1. The van der Waals surface area contributed by atoms with Gasteiger partial charge in [-0.3, -0.25) is 0 Å². The topological polar surface area (TPSA) is 32.3 Å². The summed E-state index contributed by atoms with van der Waals surface area (Å²) in [5, 5.41) is 1.14. The van der Waals surface area contributed by atoms with E-state index in [1.54, 1.807) is 11.3 Å². The number of hydrogen-bond acceptors (Lipinski definition) is 5. The zero-order valence-corrected chi connectivity index (χ0v) is 36.3. The van der Waals surface area contributed by atoms with E-state index in [2.05, 4.69) is 214 Å². The normalized spacial score (nSPS) is 15.2. The van der Waals surface area contributed by atoms with E-state index in [-0.39, 0.29) is 10.8 Å². The molecule has 0 N–H and O–H groups in total. The number of hydrogen-bond donors (Lipinski definition) is 0. The largest absolute Gasteiger partial charge is 0.314 e. The SMILES string of the molecule is C#C/C=C\C1=C(C)N(c2ccc(-c3cc4nc5c(nc4cc3-c3ccc(N4c6ccccc6C(C)(C)c6ccccc64)cc3)sc3ccccc35)cc2)c2ccccc2C1(C)C. The Hall–Kier alpha value is -7.26. The summed E-state index contributed by atoms with van der Waals surface area (Å²) in [4.78, 5) is 16.3. The van der Waals surface area contributed by atoms with Crippen molar-refractivity contribution in [1.82, 2.24) is 9.97 Å². The van der Waals surface area contributed by atoms with Crippen LogP contribution in [0.15, 0.2) is 181 Å². The molecule has 0 bridgehead atoms. The van der Waals surface area contributed by atoms with Crippen molar-refractivity contribution in [2.24, 2.45) is 0 Å². The van der Waals surface area contributed by atoms with Crippen LogP contribution in [0.4, 0.5) is 28.4 Å². The maximum Gasteiger partial charge on any atom is 0.143 e. The van der Waals surface area contributed by atoms with E-state index in [4.69, 9.17) is 16.4 Å². The lowest BCUT2D eigenvalue weighted by atomic mass is 9.73. The molecule has 7 aromatic carbocycles.